The normalized spacial score (nSPS) is 19.9. The second kappa shape index (κ2) is 7.93. The van der Waals surface area contributed by atoms with Crippen molar-refractivity contribution in [2.45, 2.75) is 52.0 Å². The predicted molar refractivity (Wildman–Crippen MR) is 106 cm³/mol. The standard InChI is InChI=1S/C21H25F2N5O/c1-13(2)14-4-6-15(7-5-14)28-12-17(18(26-28)19(22)23)25-21(29)16-8-11-27-10-3-9-24-20(16)27/h3,8-15,19H,4-7H2,1-2H3,(H,25,29). The van der Waals surface area contributed by atoms with Crippen LogP contribution in [0, 0.1) is 11.8 Å². The molecule has 8 heteroatoms. The second-order valence-corrected chi connectivity index (χ2v) is 8.06. The molecule has 0 unspecified atom stereocenters. The van der Waals surface area contributed by atoms with E-state index in [4.69, 9.17) is 0 Å². The number of alkyl halides is 2. The first-order chi connectivity index (χ1) is 13.9. The fourth-order valence-corrected chi connectivity index (χ4v) is 4.19. The van der Waals surface area contributed by atoms with E-state index in [2.05, 4.69) is 29.2 Å². The van der Waals surface area contributed by atoms with Crippen LogP contribution in [0.1, 0.15) is 68.0 Å². The van der Waals surface area contributed by atoms with E-state index in [9.17, 15) is 13.6 Å². The highest BCUT2D eigenvalue weighted by Crippen LogP contribution is 2.37. The van der Waals surface area contributed by atoms with E-state index in [1.54, 1.807) is 46.0 Å². The molecule has 1 aliphatic carbocycles. The van der Waals surface area contributed by atoms with Crippen molar-refractivity contribution in [3.05, 3.63) is 48.2 Å². The minimum atomic E-state index is -2.76. The molecule has 3 aromatic rings. The van der Waals surface area contributed by atoms with Crippen LogP contribution < -0.4 is 5.32 Å². The van der Waals surface area contributed by atoms with Gasteiger partial charge in [-0.1, -0.05) is 13.8 Å². The number of nitrogens with zero attached hydrogens (tertiary/aromatic N) is 4. The average molecular weight is 401 g/mol. The van der Waals surface area contributed by atoms with Gasteiger partial charge < -0.3 is 9.72 Å². The summed E-state index contributed by atoms with van der Waals surface area (Å²) in [5, 5.41) is 6.75. The number of carbonyl (C=O) groups is 1. The molecule has 1 saturated carbocycles. The molecule has 1 fully saturated rings. The smallest absolute Gasteiger partial charge is 0.284 e. The van der Waals surface area contributed by atoms with E-state index < -0.39 is 12.3 Å². The van der Waals surface area contributed by atoms with Crippen molar-refractivity contribution in [3.63, 3.8) is 0 Å². The molecule has 1 N–H and O–H groups in total. The first-order valence-electron chi connectivity index (χ1n) is 10.0. The van der Waals surface area contributed by atoms with Crippen molar-refractivity contribution < 1.29 is 13.6 Å². The molecule has 0 saturated heterocycles. The Labute approximate surface area is 167 Å². The van der Waals surface area contributed by atoms with E-state index in [-0.39, 0.29) is 17.4 Å². The summed E-state index contributed by atoms with van der Waals surface area (Å²) in [5.41, 5.74) is 0.478. The Bertz CT molecular complexity index is 1000. The largest absolute Gasteiger partial charge is 0.319 e. The lowest BCUT2D eigenvalue weighted by atomic mass is 9.80. The predicted octanol–water partition coefficient (Wildman–Crippen LogP) is 5.11. The molecule has 0 spiro atoms. The molecular formula is C21H25F2N5O. The fraction of sp³-hybridized carbons (Fsp3) is 0.476. The molecule has 0 aromatic carbocycles. The molecular weight excluding hydrogens is 376 g/mol. The Balaban J connectivity index is 1.55. The summed E-state index contributed by atoms with van der Waals surface area (Å²) in [6, 6.07) is 3.46. The topological polar surface area (TPSA) is 64.2 Å². The second-order valence-electron chi connectivity index (χ2n) is 8.06. The fourth-order valence-electron chi connectivity index (χ4n) is 4.19. The van der Waals surface area contributed by atoms with Crippen molar-refractivity contribution >= 4 is 17.2 Å². The third kappa shape index (κ3) is 3.88. The van der Waals surface area contributed by atoms with Crippen LogP contribution in [0.3, 0.4) is 0 Å². The van der Waals surface area contributed by atoms with Crippen LogP contribution in [0.15, 0.2) is 36.9 Å². The number of amides is 1. The SMILES string of the molecule is CC(C)C1CCC(n2cc(NC(=O)c3ccn4cccnc34)c(C(F)F)n2)CC1. The molecule has 0 bridgehead atoms. The van der Waals surface area contributed by atoms with E-state index in [1.165, 1.54) is 0 Å². The lowest BCUT2D eigenvalue weighted by molar-refractivity contribution is 0.102. The number of carbonyl (C=O) groups excluding carboxylic acids is 1. The van der Waals surface area contributed by atoms with E-state index in [0.717, 1.165) is 25.7 Å². The lowest BCUT2D eigenvalue weighted by Crippen LogP contribution is -2.21. The third-order valence-corrected chi connectivity index (χ3v) is 5.94. The zero-order valence-corrected chi connectivity index (χ0v) is 16.6. The summed E-state index contributed by atoms with van der Waals surface area (Å²) < 4.78 is 30.5. The first-order valence-corrected chi connectivity index (χ1v) is 10.0. The van der Waals surface area contributed by atoms with Gasteiger partial charge in [-0.2, -0.15) is 5.10 Å². The Hall–Kier alpha value is -2.77. The van der Waals surface area contributed by atoms with Crippen LogP contribution >= 0.6 is 0 Å². The summed E-state index contributed by atoms with van der Waals surface area (Å²) in [6.07, 6.45) is 7.81. The molecule has 0 aliphatic heterocycles. The maximum absolute atomic E-state index is 13.6. The summed E-state index contributed by atoms with van der Waals surface area (Å²) in [6.45, 7) is 4.45. The molecule has 6 nitrogen and oxygen atoms in total. The molecule has 154 valence electrons. The van der Waals surface area contributed by atoms with Gasteiger partial charge in [-0.05, 0) is 49.7 Å². The molecule has 1 amide bonds. The number of fused-ring (bicyclic) bond motifs is 1. The minimum absolute atomic E-state index is 0.0614. The molecule has 0 atom stereocenters. The maximum atomic E-state index is 13.6. The summed E-state index contributed by atoms with van der Waals surface area (Å²) in [7, 11) is 0. The van der Waals surface area contributed by atoms with Gasteiger partial charge in [0, 0.05) is 24.8 Å². The number of halogens is 2. The zero-order valence-electron chi connectivity index (χ0n) is 16.6. The first kappa shape index (κ1) is 19.5. The summed E-state index contributed by atoms with van der Waals surface area (Å²) >= 11 is 0. The van der Waals surface area contributed by atoms with Crippen molar-refractivity contribution in [1.82, 2.24) is 19.2 Å². The number of rotatable bonds is 5. The van der Waals surface area contributed by atoms with Crippen LogP contribution in [0.5, 0.6) is 0 Å². The molecule has 1 aliphatic rings. The van der Waals surface area contributed by atoms with Gasteiger partial charge in [0.2, 0.25) is 0 Å². The summed E-state index contributed by atoms with van der Waals surface area (Å²) in [4.78, 5) is 16.9. The van der Waals surface area contributed by atoms with Crippen LogP contribution in [0.4, 0.5) is 14.5 Å². The van der Waals surface area contributed by atoms with Crippen molar-refractivity contribution in [3.8, 4) is 0 Å². The monoisotopic (exact) mass is 401 g/mol. The lowest BCUT2D eigenvalue weighted by Gasteiger charge is -2.30. The average Bonchev–Trinajstić information content (AvgIpc) is 3.32. The highest BCUT2D eigenvalue weighted by molar-refractivity contribution is 6.08. The molecule has 29 heavy (non-hydrogen) atoms. The zero-order chi connectivity index (χ0) is 20.5. The Morgan fingerprint density at radius 3 is 2.66 bits per heavy atom. The van der Waals surface area contributed by atoms with Gasteiger partial charge in [-0.25, -0.2) is 13.8 Å². The van der Waals surface area contributed by atoms with Gasteiger partial charge in [0.15, 0.2) is 5.69 Å². The van der Waals surface area contributed by atoms with Crippen molar-refractivity contribution in [2.24, 2.45) is 11.8 Å². The van der Waals surface area contributed by atoms with Crippen LogP contribution in [0.2, 0.25) is 0 Å². The Morgan fingerprint density at radius 2 is 1.97 bits per heavy atom. The quantitative estimate of drug-likeness (QED) is 0.646. The molecule has 3 aromatic heterocycles. The Morgan fingerprint density at radius 1 is 1.21 bits per heavy atom. The number of hydrogen-bond donors (Lipinski definition) is 1. The number of aromatic nitrogens is 4. The van der Waals surface area contributed by atoms with E-state index in [1.807, 2.05) is 0 Å². The van der Waals surface area contributed by atoms with Gasteiger partial charge in [0.1, 0.15) is 5.65 Å². The Kier molecular flexibility index (Phi) is 5.34. The minimum Gasteiger partial charge on any atom is -0.319 e. The van der Waals surface area contributed by atoms with Crippen molar-refractivity contribution in [2.75, 3.05) is 5.32 Å². The van der Waals surface area contributed by atoms with Gasteiger partial charge in [-0.15, -0.1) is 0 Å². The van der Waals surface area contributed by atoms with Crippen LogP contribution in [-0.2, 0) is 0 Å². The highest BCUT2D eigenvalue weighted by atomic mass is 19.3. The summed E-state index contributed by atoms with van der Waals surface area (Å²) in [5.74, 6) is 0.827. The molecule has 3 heterocycles. The van der Waals surface area contributed by atoms with Gasteiger partial charge >= 0.3 is 0 Å². The maximum Gasteiger partial charge on any atom is 0.284 e. The highest BCUT2D eigenvalue weighted by Gasteiger charge is 2.28. The van der Waals surface area contributed by atoms with Crippen LogP contribution in [-0.4, -0.2) is 25.1 Å². The third-order valence-electron chi connectivity index (χ3n) is 5.94. The molecule has 4 rings (SSSR count). The van der Waals surface area contributed by atoms with Gasteiger partial charge in [0.05, 0.1) is 17.3 Å². The number of nitrogens with one attached hydrogen (secondary N) is 1. The molecule has 0 radical (unpaired) electrons. The van der Waals surface area contributed by atoms with Gasteiger partial charge in [-0.3, -0.25) is 9.48 Å². The van der Waals surface area contributed by atoms with Gasteiger partial charge in [0.25, 0.3) is 12.3 Å². The number of anilines is 1. The van der Waals surface area contributed by atoms with E-state index in [0.29, 0.717) is 23.0 Å². The van der Waals surface area contributed by atoms with E-state index >= 15 is 0 Å². The van der Waals surface area contributed by atoms with Crippen molar-refractivity contribution in [1.29, 1.82) is 0 Å². The van der Waals surface area contributed by atoms with Crippen LogP contribution in [0.25, 0.3) is 5.65 Å². The number of hydrogen-bond acceptors (Lipinski definition) is 3.